The van der Waals surface area contributed by atoms with Gasteiger partial charge in [0, 0.05) is 39.4 Å². The Labute approximate surface area is 281 Å². The summed E-state index contributed by atoms with van der Waals surface area (Å²) in [6, 6.07) is 55.0. The summed E-state index contributed by atoms with van der Waals surface area (Å²) in [5, 5.41) is 3.56. The summed E-state index contributed by atoms with van der Waals surface area (Å²) < 4.78 is 0. The van der Waals surface area contributed by atoms with E-state index in [1.807, 2.05) is 42.5 Å². The summed E-state index contributed by atoms with van der Waals surface area (Å²) in [6.07, 6.45) is 8.79. The second kappa shape index (κ2) is 13.2. The molecule has 0 radical (unpaired) electrons. The van der Waals surface area contributed by atoms with Gasteiger partial charge in [-0.3, -0.25) is 0 Å². The van der Waals surface area contributed by atoms with Crippen LogP contribution >= 0.6 is 0 Å². The van der Waals surface area contributed by atoms with Crippen molar-refractivity contribution in [3.63, 3.8) is 0 Å². The zero-order valence-electron chi connectivity index (χ0n) is 26.5. The lowest BCUT2D eigenvalue weighted by Gasteiger charge is -2.28. The highest BCUT2D eigenvalue weighted by Crippen LogP contribution is 2.42. The van der Waals surface area contributed by atoms with Crippen LogP contribution in [0.5, 0.6) is 0 Å². The number of anilines is 4. The van der Waals surface area contributed by atoms with Crippen LogP contribution in [-0.4, -0.2) is 9.97 Å². The zero-order chi connectivity index (χ0) is 32.1. The van der Waals surface area contributed by atoms with Crippen LogP contribution in [0.1, 0.15) is 12.8 Å². The van der Waals surface area contributed by atoms with Crippen LogP contribution in [0.15, 0.2) is 182 Å². The number of aromatic nitrogens is 2. The van der Waals surface area contributed by atoms with Crippen molar-refractivity contribution in [3.05, 3.63) is 182 Å². The van der Waals surface area contributed by atoms with Gasteiger partial charge in [-0.05, 0) is 79.1 Å². The molecule has 0 saturated heterocycles. The molecule has 0 aliphatic heterocycles. The van der Waals surface area contributed by atoms with E-state index in [1.54, 1.807) is 0 Å². The Balaban J connectivity index is 1.23. The number of benzene rings is 6. The van der Waals surface area contributed by atoms with Crippen molar-refractivity contribution < 1.29 is 0 Å². The number of hydrogen-bond donors (Lipinski definition) is 1. The van der Waals surface area contributed by atoms with Crippen molar-refractivity contribution in [2.45, 2.75) is 12.8 Å². The predicted octanol–water partition coefficient (Wildman–Crippen LogP) is 11.7. The van der Waals surface area contributed by atoms with Gasteiger partial charge in [0.1, 0.15) is 0 Å². The van der Waals surface area contributed by atoms with Crippen LogP contribution in [0, 0.1) is 0 Å². The molecule has 48 heavy (non-hydrogen) atoms. The number of para-hydroxylation sites is 3. The first kappa shape index (κ1) is 29.2. The molecular formula is C44H34N4. The zero-order valence-corrected chi connectivity index (χ0v) is 26.5. The summed E-state index contributed by atoms with van der Waals surface area (Å²) in [5.41, 5.74) is 13.3. The van der Waals surface area contributed by atoms with Crippen molar-refractivity contribution in [1.29, 1.82) is 0 Å². The molecule has 4 heteroatoms. The van der Waals surface area contributed by atoms with Crippen LogP contribution in [0.2, 0.25) is 0 Å². The third-order valence-corrected chi connectivity index (χ3v) is 8.66. The average molecular weight is 619 g/mol. The Bertz CT molecular complexity index is 2240. The first-order valence-corrected chi connectivity index (χ1v) is 16.4. The molecule has 6 aromatic carbocycles. The maximum Gasteiger partial charge on any atom is 0.0973 e. The number of hydrogen-bond acceptors (Lipinski definition) is 4. The molecule has 0 amide bonds. The van der Waals surface area contributed by atoms with Gasteiger partial charge in [-0.1, -0.05) is 115 Å². The molecule has 0 atom stereocenters. The lowest BCUT2D eigenvalue weighted by Crippen LogP contribution is -2.11. The molecule has 230 valence electrons. The highest BCUT2D eigenvalue weighted by Gasteiger charge is 2.19. The van der Waals surface area contributed by atoms with Gasteiger partial charge in [-0.2, -0.15) is 0 Å². The van der Waals surface area contributed by atoms with Gasteiger partial charge in [0.2, 0.25) is 0 Å². The Morgan fingerprint density at radius 3 is 1.65 bits per heavy atom. The van der Waals surface area contributed by atoms with Gasteiger partial charge < -0.3 is 10.2 Å². The molecule has 8 rings (SSSR count). The molecule has 0 fully saturated rings. The lowest BCUT2D eigenvalue weighted by molar-refractivity contribution is 1.02. The molecule has 0 saturated carbocycles. The monoisotopic (exact) mass is 618 g/mol. The molecule has 1 N–H and O–H groups in total. The molecule has 1 heterocycles. The fourth-order valence-corrected chi connectivity index (χ4v) is 6.29. The summed E-state index contributed by atoms with van der Waals surface area (Å²) in [4.78, 5) is 12.5. The Morgan fingerprint density at radius 1 is 0.479 bits per heavy atom. The number of nitrogens with one attached hydrogen (secondary N) is 1. The van der Waals surface area contributed by atoms with Crippen molar-refractivity contribution in [3.8, 4) is 33.6 Å². The minimum absolute atomic E-state index is 0.865. The highest BCUT2D eigenvalue weighted by atomic mass is 15.1. The van der Waals surface area contributed by atoms with E-state index in [4.69, 9.17) is 9.97 Å². The minimum atomic E-state index is 0.865. The second-order valence-corrected chi connectivity index (χ2v) is 11.9. The van der Waals surface area contributed by atoms with E-state index in [2.05, 4.69) is 144 Å². The SMILES string of the molecule is C1=CC(Nc2ccc(N(c3ccc(-c4nc5ccccc5nc4-c4ccccc4)cc3)c3ccccc3-c3ccccc3)cc2)=CCC1. The van der Waals surface area contributed by atoms with E-state index in [0.29, 0.717) is 0 Å². The molecule has 4 nitrogen and oxygen atoms in total. The molecule has 7 aromatic rings. The average Bonchev–Trinajstić information content (AvgIpc) is 3.17. The fraction of sp³-hybridized carbons (Fsp3) is 0.0455. The van der Waals surface area contributed by atoms with E-state index in [0.717, 1.165) is 80.4 Å². The van der Waals surface area contributed by atoms with Crippen molar-refractivity contribution in [1.82, 2.24) is 9.97 Å². The first-order valence-electron chi connectivity index (χ1n) is 16.4. The Hall–Kier alpha value is -6.26. The smallest absolute Gasteiger partial charge is 0.0973 e. The predicted molar refractivity (Wildman–Crippen MR) is 201 cm³/mol. The van der Waals surface area contributed by atoms with E-state index in [1.165, 1.54) is 5.56 Å². The van der Waals surface area contributed by atoms with E-state index in [9.17, 15) is 0 Å². The molecule has 0 spiro atoms. The van der Waals surface area contributed by atoms with Crippen LogP contribution in [0.3, 0.4) is 0 Å². The van der Waals surface area contributed by atoms with Crippen LogP contribution < -0.4 is 10.2 Å². The van der Waals surface area contributed by atoms with Gasteiger partial charge in [0.15, 0.2) is 0 Å². The molecule has 0 bridgehead atoms. The molecule has 0 unspecified atom stereocenters. The van der Waals surface area contributed by atoms with Gasteiger partial charge in [0.05, 0.1) is 28.1 Å². The largest absolute Gasteiger partial charge is 0.356 e. The van der Waals surface area contributed by atoms with E-state index >= 15 is 0 Å². The fourth-order valence-electron chi connectivity index (χ4n) is 6.29. The minimum Gasteiger partial charge on any atom is -0.356 e. The number of nitrogens with zero attached hydrogens (tertiary/aromatic N) is 3. The molecule has 1 aliphatic rings. The summed E-state index contributed by atoms with van der Waals surface area (Å²) in [5.74, 6) is 0. The third kappa shape index (κ3) is 6.00. The van der Waals surface area contributed by atoms with Crippen LogP contribution in [-0.2, 0) is 0 Å². The third-order valence-electron chi connectivity index (χ3n) is 8.66. The maximum absolute atomic E-state index is 5.13. The van der Waals surface area contributed by atoms with Gasteiger partial charge >= 0.3 is 0 Å². The van der Waals surface area contributed by atoms with Crippen LogP contribution in [0.25, 0.3) is 44.7 Å². The van der Waals surface area contributed by atoms with Crippen molar-refractivity contribution in [2.24, 2.45) is 0 Å². The molecule has 1 aromatic heterocycles. The molecular weight excluding hydrogens is 585 g/mol. The summed E-state index contributed by atoms with van der Waals surface area (Å²) >= 11 is 0. The number of rotatable bonds is 8. The van der Waals surface area contributed by atoms with E-state index < -0.39 is 0 Å². The van der Waals surface area contributed by atoms with Gasteiger partial charge in [-0.15, -0.1) is 0 Å². The summed E-state index contributed by atoms with van der Waals surface area (Å²) in [7, 11) is 0. The standard InChI is InChI=1S/C44H34N4/c1-4-14-32(15-5-1)39-20-10-13-23-42(39)48(38-30-26-36(27-31-38)45-35-18-8-3-9-19-35)37-28-24-34(25-29-37)44-43(33-16-6-2-7-17-33)46-40-21-11-12-22-41(40)47-44/h1-2,4-8,10-31,45H,3,9H2. The first-order chi connectivity index (χ1) is 23.8. The lowest BCUT2D eigenvalue weighted by atomic mass is 10.0. The van der Waals surface area contributed by atoms with Crippen molar-refractivity contribution in [2.75, 3.05) is 10.2 Å². The van der Waals surface area contributed by atoms with E-state index in [-0.39, 0.29) is 0 Å². The number of allylic oxidation sites excluding steroid dienone is 3. The van der Waals surface area contributed by atoms with Crippen molar-refractivity contribution >= 4 is 33.8 Å². The normalized spacial score (nSPS) is 12.5. The van der Waals surface area contributed by atoms with Gasteiger partial charge in [-0.25, -0.2) is 9.97 Å². The topological polar surface area (TPSA) is 41.0 Å². The highest BCUT2D eigenvalue weighted by molar-refractivity contribution is 5.90. The maximum atomic E-state index is 5.13. The van der Waals surface area contributed by atoms with Gasteiger partial charge in [0.25, 0.3) is 0 Å². The summed E-state index contributed by atoms with van der Waals surface area (Å²) in [6.45, 7) is 0. The number of fused-ring (bicyclic) bond motifs is 1. The quantitative estimate of drug-likeness (QED) is 0.184. The Morgan fingerprint density at radius 2 is 1.02 bits per heavy atom. The second-order valence-electron chi connectivity index (χ2n) is 11.9. The molecule has 1 aliphatic carbocycles. The Kier molecular flexibility index (Phi) is 8.04. The van der Waals surface area contributed by atoms with Crippen LogP contribution in [0.4, 0.5) is 22.7 Å².